The second-order valence-electron chi connectivity index (χ2n) is 6.30. The second kappa shape index (κ2) is 5.64. The molecule has 0 spiro atoms. The molecule has 0 atom stereocenters. The molecule has 1 heterocycles. The highest BCUT2D eigenvalue weighted by Gasteiger charge is 2.18. The number of nitrogens with one attached hydrogen (secondary N) is 1. The number of nitrogens with zero attached hydrogens (tertiary/aromatic N) is 2. The van der Waals surface area contributed by atoms with Crippen LogP contribution in [0.15, 0.2) is 22.7 Å². The maximum Gasteiger partial charge on any atom is 0.138 e. The minimum absolute atomic E-state index is 0.142. The molecular weight excluding hydrogens is 328 g/mol. The SMILES string of the molecule is Cc1cc(Nc2cc(N)nc(C(C)(C)C)n2)cc(C)c1Br. The molecule has 0 saturated heterocycles. The first-order valence-corrected chi connectivity index (χ1v) is 7.65. The number of rotatable bonds is 2. The van der Waals surface area contributed by atoms with Gasteiger partial charge in [0.15, 0.2) is 0 Å². The molecule has 4 nitrogen and oxygen atoms in total. The lowest BCUT2D eigenvalue weighted by atomic mass is 9.96. The number of hydrogen-bond donors (Lipinski definition) is 2. The van der Waals surface area contributed by atoms with E-state index in [0.29, 0.717) is 11.6 Å². The van der Waals surface area contributed by atoms with Crippen LogP contribution in [0.4, 0.5) is 17.3 Å². The maximum atomic E-state index is 5.90. The number of halogens is 1. The van der Waals surface area contributed by atoms with Crippen molar-refractivity contribution < 1.29 is 0 Å². The lowest BCUT2D eigenvalue weighted by molar-refractivity contribution is 0.547. The summed E-state index contributed by atoms with van der Waals surface area (Å²) >= 11 is 3.57. The van der Waals surface area contributed by atoms with E-state index in [4.69, 9.17) is 5.73 Å². The third-order valence-electron chi connectivity index (χ3n) is 3.13. The molecule has 112 valence electrons. The van der Waals surface area contributed by atoms with E-state index in [-0.39, 0.29) is 5.41 Å². The van der Waals surface area contributed by atoms with Crippen molar-refractivity contribution in [2.24, 2.45) is 0 Å². The average molecular weight is 349 g/mol. The molecule has 3 N–H and O–H groups in total. The predicted molar refractivity (Wildman–Crippen MR) is 92.0 cm³/mol. The molecule has 0 aliphatic carbocycles. The standard InChI is InChI=1S/C16H21BrN4/c1-9-6-11(7-10(2)14(9)17)19-13-8-12(18)20-15(21-13)16(3,4)5/h6-8H,1-5H3,(H3,18,19,20,21). The zero-order valence-electron chi connectivity index (χ0n) is 13.1. The summed E-state index contributed by atoms with van der Waals surface area (Å²) in [6, 6.07) is 5.90. The van der Waals surface area contributed by atoms with Gasteiger partial charge in [0.25, 0.3) is 0 Å². The van der Waals surface area contributed by atoms with Crippen LogP contribution in [0.1, 0.15) is 37.7 Å². The Bertz CT molecular complexity index is 651. The molecule has 1 aromatic carbocycles. The Morgan fingerprint density at radius 3 is 2.14 bits per heavy atom. The summed E-state index contributed by atoms with van der Waals surface area (Å²) in [6.07, 6.45) is 0. The molecule has 0 radical (unpaired) electrons. The summed E-state index contributed by atoms with van der Waals surface area (Å²) < 4.78 is 1.13. The van der Waals surface area contributed by atoms with Crippen molar-refractivity contribution in [1.82, 2.24) is 9.97 Å². The predicted octanol–water partition coefficient (Wildman–Crippen LogP) is 4.48. The van der Waals surface area contributed by atoms with E-state index in [0.717, 1.165) is 16.0 Å². The Kier molecular flexibility index (Phi) is 4.23. The topological polar surface area (TPSA) is 63.8 Å². The molecular formula is C16H21BrN4. The van der Waals surface area contributed by atoms with Gasteiger partial charge >= 0.3 is 0 Å². The first kappa shape index (κ1) is 15.8. The number of nitrogen functional groups attached to an aromatic ring is 1. The van der Waals surface area contributed by atoms with E-state index in [1.54, 1.807) is 6.07 Å². The number of hydrogen-bond acceptors (Lipinski definition) is 4. The molecule has 0 aliphatic heterocycles. The quantitative estimate of drug-likeness (QED) is 0.839. The fraction of sp³-hybridized carbons (Fsp3) is 0.375. The first-order chi connectivity index (χ1) is 9.66. The Hall–Kier alpha value is -1.62. The van der Waals surface area contributed by atoms with Crippen molar-refractivity contribution >= 4 is 33.3 Å². The van der Waals surface area contributed by atoms with Crippen LogP contribution in [0.3, 0.4) is 0 Å². The van der Waals surface area contributed by atoms with E-state index in [1.807, 2.05) is 0 Å². The molecule has 0 aliphatic rings. The van der Waals surface area contributed by atoms with Crippen molar-refractivity contribution in [2.75, 3.05) is 11.1 Å². The number of benzene rings is 1. The summed E-state index contributed by atoms with van der Waals surface area (Å²) in [5, 5.41) is 3.31. The van der Waals surface area contributed by atoms with Crippen LogP contribution in [-0.4, -0.2) is 9.97 Å². The zero-order valence-corrected chi connectivity index (χ0v) is 14.7. The van der Waals surface area contributed by atoms with E-state index < -0.39 is 0 Å². The van der Waals surface area contributed by atoms with E-state index in [9.17, 15) is 0 Å². The number of anilines is 3. The average Bonchev–Trinajstić information content (AvgIpc) is 2.34. The van der Waals surface area contributed by atoms with Gasteiger partial charge in [-0.3, -0.25) is 0 Å². The van der Waals surface area contributed by atoms with Crippen molar-refractivity contribution in [1.29, 1.82) is 0 Å². The molecule has 0 bridgehead atoms. The summed E-state index contributed by atoms with van der Waals surface area (Å²) in [6.45, 7) is 10.3. The van der Waals surface area contributed by atoms with Gasteiger partial charge < -0.3 is 11.1 Å². The van der Waals surface area contributed by atoms with Gasteiger partial charge in [-0.05, 0) is 37.1 Å². The van der Waals surface area contributed by atoms with Crippen molar-refractivity contribution in [2.45, 2.75) is 40.0 Å². The number of aromatic nitrogens is 2. The Morgan fingerprint density at radius 1 is 1.05 bits per heavy atom. The van der Waals surface area contributed by atoms with Crippen LogP contribution < -0.4 is 11.1 Å². The summed E-state index contributed by atoms with van der Waals surface area (Å²) in [7, 11) is 0. The zero-order chi connectivity index (χ0) is 15.8. The summed E-state index contributed by atoms with van der Waals surface area (Å²) in [4.78, 5) is 8.88. The van der Waals surface area contributed by atoms with Crippen molar-refractivity contribution in [3.05, 3.63) is 39.6 Å². The van der Waals surface area contributed by atoms with Gasteiger partial charge in [-0.2, -0.15) is 0 Å². The summed E-state index contributed by atoms with van der Waals surface area (Å²) in [5.74, 6) is 1.92. The van der Waals surface area contributed by atoms with Gasteiger partial charge in [0.05, 0.1) is 0 Å². The van der Waals surface area contributed by atoms with Crippen LogP contribution in [-0.2, 0) is 5.41 Å². The Balaban J connectivity index is 2.38. The van der Waals surface area contributed by atoms with Crippen LogP contribution in [0, 0.1) is 13.8 Å². The molecule has 0 unspecified atom stereocenters. The van der Waals surface area contributed by atoms with Crippen molar-refractivity contribution in [3.63, 3.8) is 0 Å². The van der Waals surface area contributed by atoms with Gasteiger partial charge in [0, 0.05) is 21.6 Å². The molecule has 0 fully saturated rings. The Morgan fingerprint density at radius 2 is 1.62 bits per heavy atom. The molecule has 0 amide bonds. The highest BCUT2D eigenvalue weighted by Crippen LogP contribution is 2.28. The fourth-order valence-corrected chi connectivity index (χ4v) is 2.26. The van der Waals surface area contributed by atoms with Gasteiger partial charge in [0.1, 0.15) is 17.5 Å². The molecule has 0 saturated carbocycles. The lowest BCUT2D eigenvalue weighted by Crippen LogP contribution is -2.17. The van der Waals surface area contributed by atoms with Gasteiger partial charge in [-0.25, -0.2) is 9.97 Å². The minimum Gasteiger partial charge on any atom is -0.384 e. The first-order valence-electron chi connectivity index (χ1n) is 6.85. The van der Waals surface area contributed by atoms with Gasteiger partial charge in [0.2, 0.25) is 0 Å². The monoisotopic (exact) mass is 348 g/mol. The third-order valence-corrected chi connectivity index (χ3v) is 4.38. The number of aryl methyl sites for hydroxylation is 2. The lowest BCUT2D eigenvalue weighted by Gasteiger charge is -2.18. The molecule has 2 rings (SSSR count). The second-order valence-corrected chi connectivity index (χ2v) is 7.09. The van der Waals surface area contributed by atoms with E-state index in [2.05, 4.69) is 78.0 Å². The smallest absolute Gasteiger partial charge is 0.138 e. The van der Waals surface area contributed by atoms with Crippen LogP contribution in [0.25, 0.3) is 0 Å². The van der Waals surface area contributed by atoms with Gasteiger partial charge in [-0.15, -0.1) is 0 Å². The van der Waals surface area contributed by atoms with Crippen LogP contribution in [0.5, 0.6) is 0 Å². The normalized spacial score (nSPS) is 11.5. The van der Waals surface area contributed by atoms with E-state index >= 15 is 0 Å². The van der Waals surface area contributed by atoms with Crippen LogP contribution in [0.2, 0.25) is 0 Å². The molecule has 2 aromatic rings. The van der Waals surface area contributed by atoms with Gasteiger partial charge in [-0.1, -0.05) is 36.7 Å². The summed E-state index contributed by atoms with van der Waals surface area (Å²) in [5.41, 5.74) is 9.10. The maximum absolute atomic E-state index is 5.90. The molecule has 5 heteroatoms. The Labute approximate surface area is 134 Å². The molecule has 1 aromatic heterocycles. The highest BCUT2D eigenvalue weighted by atomic mass is 79.9. The van der Waals surface area contributed by atoms with Crippen LogP contribution >= 0.6 is 15.9 Å². The van der Waals surface area contributed by atoms with E-state index in [1.165, 1.54) is 11.1 Å². The molecule has 21 heavy (non-hydrogen) atoms. The highest BCUT2D eigenvalue weighted by molar-refractivity contribution is 9.10. The fourth-order valence-electron chi connectivity index (χ4n) is 2.03. The minimum atomic E-state index is -0.142. The number of nitrogens with two attached hydrogens (primary N) is 1. The largest absolute Gasteiger partial charge is 0.384 e. The van der Waals surface area contributed by atoms with Crippen molar-refractivity contribution in [3.8, 4) is 0 Å². The third kappa shape index (κ3) is 3.73.